The zero-order chi connectivity index (χ0) is 16.8. The van der Waals surface area contributed by atoms with Crippen LogP contribution >= 0.6 is 11.8 Å². The van der Waals surface area contributed by atoms with E-state index in [1.165, 1.54) is 12.3 Å². The zero-order valence-electron chi connectivity index (χ0n) is 12.4. The lowest BCUT2D eigenvalue weighted by atomic mass is 9.96. The van der Waals surface area contributed by atoms with Gasteiger partial charge in [0.05, 0.1) is 5.37 Å². The summed E-state index contributed by atoms with van der Waals surface area (Å²) in [7, 11) is 0. The lowest BCUT2D eigenvalue weighted by Gasteiger charge is -2.38. The van der Waals surface area contributed by atoms with Crippen molar-refractivity contribution in [3.63, 3.8) is 0 Å². The molecule has 1 N–H and O–H groups in total. The van der Waals surface area contributed by atoms with Gasteiger partial charge in [-0.25, -0.2) is 4.79 Å². The average Bonchev–Trinajstić information content (AvgIpc) is 2.52. The van der Waals surface area contributed by atoms with Crippen LogP contribution in [0.1, 0.15) is 17.3 Å². The number of hydrogen-bond donors (Lipinski definition) is 1. The van der Waals surface area contributed by atoms with Gasteiger partial charge in [0.2, 0.25) is 11.0 Å². The van der Waals surface area contributed by atoms with Crippen molar-refractivity contribution in [2.45, 2.75) is 18.4 Å². The van der Waals surface area contributed by atoms with E-state index < -0.39 is 23.6 Å². The van der Waals surface area contributed by atoms with Crippen LogP contribution in [0.25, 0.3) is 0 Å². The van der Waals surface area contributed by atoms with Crippen molar-refractivity contribution in [3.8, 4) is 0 Å². The molecule has 3 atom stereocenters. The number of amides is 1. The van der Waals surface area contributed by atoms with Gasteiger partial charge in [-0.1, -0.05) is 24.4 Å². The molecule has 2 rings (SSSR count). The highest BCUT2D eigenvalue weighted by molar-refractivity contribution is 8.14. The number of nitrogens with zero attached hydrogens (tertiary/aromatic N) is 1. The highest BCUT2D eigenvalue weighted by Crippen LogP contribution is 2.32. The average molecular weight is 336 g/mol. The quantitative estimate of drug-likeness (QED) is 0.480. The van der Waals surface area contributed by atoms with E-state index in [2.05, 4.69) is 16.9 Å². The molecule has 1 aliphatic rings. The summed E-state index contributed by atoms with van der Waals surface area (Å²) in [5.41, 5.74) is 0.441. The van der Waals surface area contributed by atoms with Crippen LogP contribution in [0.3, 0.4) is 0 Å². The second kappa shape index (κ2) is 7.77. The van der Waals surface area contributed by atoms with Gasteiger partial charge in [0.15, 0.2) is 0 Å². The van der Waals surface area contributed by atoms with Crippen LogP contribution in [0.5, 0.6) is 0 Å². The van der Waals surface area contributed by atoms with Crippen molar-refractivity contribution in [1.82, 2.24) is 10.3 Å². The Morgan fingerprint density at radius 2 is 2.35 bits per heavy atom. The van der Waals surface area contributed by atoms with Crippen LogP contribution in [0.2, 0.25) is 0 Å². The maximum Gasteiger partial charge on any atom is 0.508 e. The summed E-state index contributed by atoms with van der Waals surface area (Å²) in [6.45, 7) is 5.03. The molecule has 0 aromatic carbocycles. The number of nitrogens with one attached hydrogen (secondary N) is 1. The van der Waals surface area contributed by atoms with Crippen LogP contribution in [0.4, 0.5) is 4.79 Å². The number of pyridine rings is 1. The van der Waals surface area contributed by atoms with E-state index in [1.807, 2.05) is 0 Å². The number of β-lactam (4-membered cyclic amide) rings is 1. The lowest BCUT2D eigenvalue weighted by Crippen LogP contribution is -2.61. The Bertz CT molecular complexity index is 607. The van der Waals surface area contributed by atoms with Gasteiger partial charge in [-0.15, -0.1) is 0 Å². The first-order valence-electron chi connectivity index (χ1n) is 6.88. The number of thioether (sulfide) groups is 1. The number of aromatic nitrogens is 1. The monoisotopic (exact) mass is 336 g/mol. The summed E-state index contributed by atoms with van der Waals surface area (Å²) in [5, 5.41) is 1.95. The Labute approximate surface area is 137 Å². The minimum absolute atomic E-state index is 0.0279. The Hall–Kier alpha value is -2.35. The summed E-state index contributed by atoms with van der Waals surface area (Å²) in [6.07, 6.45) is 2.85. The van der Waals surface area contributed by atoms with Gasteiger partial charge in [0, 0.05) is 18.0 Å². The smallest absolute Gasteiger partial charge is 0.430 e. The largest absolute Gasteiger partial charge is 0.508 e. The predicted octanol–water partition coefficient (Wildman–Crippen LogP) is 1.75. The van der Waals surface area contributed by atoms with Crippen molar-refractivity contribution in [2.24, 2.45) is 5.92 Å². The summed E-state index contributed by atoms with van der Waals surface area (Å²) < 4.78 is 9.75. The maximum atomic E-state index is 12.1. The van der Waals surface area contributed by atoms with Gasteiger partial charge in [0.1, 0.15) is 18.6 Å². The molecule has 8 heteroatoms. The first-order valence-corrected chi connectivity index (χ1v) is 7.76. The predicted molar refractivity (Wildman–Crippen MR) is 83.7 cm³/mol. The van der Waals surface area contributed by atoms with E-state index in [0.717, 1.165) is 11.8 Å². The maximum absolute atomic E-state index is 12.1. The number of hydrogen-bond acceptors (Lipinski definition) is 7. The van der Waals surface area contributed by atoms with Crippen LogP contribution in [0.15, 0.2) is 37.2 Å². The Morgan fingerprint density at radius 1 is 1.57 bits per heavy atom. The van der Waals surface area contributed by atoms with Gasteiger partial charge in [-0.2, -0.15) is 0 Å². The number of carbonyl (C=O) groups is 3. The Morgan fingerprint density at radius 3 is 2.96 bits per heavy atom. The Balaban J connectivity index is 1.91. The highest BCUT2D eigenvalue weighted by Gasteiger charge is 2.46. The normalized spacial score (nSPS) is 20.7. The molecule has 1 saturated heterocycles. The van der Waals surface area contributed by atoms with Crippen LogP contribution in [0, 0.1) is 5.92 Å². The second-order valence-corrected chi connectivity index (χ2v) is 5.89. The molecule has 1 aromatic heterocycles. The number of ether oxygens (including phenoxy) is 2. The molecule has 0 saturated carbocycles. The number of rotatable bonds is 6. The fraction of sp³-hybridized carbons (Fsp3) is 0.333. The third kappa shape index (κ3) is 4.32. The molecule has 2 heterocycles. The lowest BCUT2D eigenvalue weighted by molar-refractivity contribution is -0.137. The van der Waals surface area contributed by atoms with E-state index >= 15 is 0 Å². The van der Waals surface area contributed by atoms with Gasteiger partial charge in [-0.3, -0.25) is 14.6 Å². The molecule has 0 spiro atoms. The van der Waals surface area contributed by atoms with E-state index in [9.17, 15) is 14.4 Å². The van der Waals surface area contributed by atoms with E-state index in [4.69, 9.17) is 9.47 Å². The molecule has 1 aliphatic heterocycles. The molecule has 122 valence electrons. The van der Waals surface area contributed by atoms with Crippen molar-refractivity contribution < 1.29 is 23.9 Å². The summed E-state index contributed by atoms with van der Waals surface area (Å²) in [5.74, 6) is -0.887. The third-order valence-corrected chi connectivity index (χ3v) is 4.27. The van der Waals surface area contributed by atoms with E-state index in [0.29, 0.717) is 5.56 Å². The standard InChI is InChI=1S/C15H16N2O5S/c1-3-7-21-15(20)22-9(2)11-12(18)17-13(11)23-14(19)10-5-4-6-16-8-10/h3-6,8-9,11,13H,1,7H2,2H3,(H,17,18)/t9-,11-,13-/m1/s1. The zero-order valence-corrected chi connectivity index (χ0v) is 13.2. The molecule has 23 heavy (non-hydrogen) atoms. The van der Waals surface area contributed by atoms with Gasteiger partial charge >= 0.3 is 6.16 Å². The SMILES string of the molecule is C=CCOC(=O)O[C@H](C)[C@@H]1C(=O)N[C@@H]1SC(=O)c1cccnc1. The molecule has 0 unspecified atom stereocenters. The molecule has 1 aromatic rings. The van der Waals surface area contributed by atoms with Gasteiger partial charge in [-0.05, 0) is 19.1 Å². The summed E-state index contributed by atoms with van der Waals surface area (Å²) >= 11 is 0.965. The van der Waals surface area contributed by atoms with E-state index in [1.54, 1.807) is 25.3 Å². The van der Waals surface area contributed by atoms with Crippen molar-refractivity contribution in [3.05, 3.63) is 42.7 Å². The van der Waals surface area contributed by atoms with Gasteiger partial charge in [0.25, 0.3) is 0 Å². The fourth-order valence-electron chi connectivity index (χ4n) is 1.98. The van der Waals surface area contributed by atoms with E-state index in [-0.39, 0.29) is 17.6 Å². The molecule has 1 fully saturated rings. The molecule has 0 radical (unpaired) electrons. The minimum atomic E-state index is -0.876. The van der Waals surface area contributed by atoms with Crippen LogP contribution < -0.4 is 5.32 Å². The fourth-order valence-corrected chi connectivity index (χ4v) is 3.14. The third-order valence-electron chi connectivity index (χ3n) is 3.15. The van der Waals surface area contributed by atoms with Crippen LogP contribution in [-0.2, 0) is 14.3 Å². The summed E-state index contributed by atoms with van der Waals surface area (Å²) in [6, 6.07) is 3.30. The topological polar surface area (TPSA) is 94.6 Å². The Kier molecular flexibility index (Phi) is 5.75. The molecular weight excluding hydrogens is 320 g/mol. The number of carbonyl (C=O) groups excluding carboxylic acids is 3. The van der Waals surface area contributed by atoms with Crippen LogP contribution in [-0.4, -0.2) is 40.2 Å². The molecule has 0 aliphatic carbocycles. The molecule has 0 bridgehead atoms. The molecular formula is C15H16N2O5S. The molecule has 1 amide bonds. The van der Waals surface area contributed by atoms with Crippen molar-refractivity contribution in [1.29, 1.82) is 0 Å². The highest BCUT2D eigenvalue weighted by atomic mass is 32.2. The first-order chi connectivity index (χ1) is 11.0. The minimum Gasteiger partial charge on any atom is -0.430 e. The second-order valence-electron chi connectivity index (χ2n) is 4.77. The molecule has 7 nitrogen and oxygen atoms in total. The first kappa shape index (κ1) is 17.0. The van der Waals surface area contributed by atoms with Crippen molar-refractivity contribution >= 4 is 28.9 Å². The summed E-state index contributed by atoms with van der Waals surface area (Å²) in [4.78, 5) is 39.1. The van der Waals surface area contributed by atoms with Gasteiger partial charge < -0.3 is 14.8 Å². The van der Waals surface area contributed by atoms with Crippen molar-refractivity contribution in [2.75, 3.05) is 6.61 Å².